The fourth-order valence-corrected chi connectivity index (χ4v) is 1.44. The van der Waals surface area contributed by atoms with E-state index in [0.29, 0.717) is 0 Å². The second kappa shape index (κ2) is 5.11. The lowest BCUT2D eigenvalue weighted by Crippen LogP contribution is -1.93. The van der Waals surface area contributed by atoms with Crippen molar-refractivity contribution >= 4 is 27.8 Å². The predicted octanol–water partition coefficient (Wildman–Crippen LogP) is 3.61. The number of rotatable bonds is 3. The Morgan fingerprint density at radius 2 is 2.21 bits per heavy atom. The summed E-state index contributed by atoms with van der Waals surface area (Å²) < 4.78 is 0. The van der Waals surface area contributed by atoms with E-state index < -0.39 is 0 Å². The van der Waals surface area contributed by atoms with Crippen LogP contribution in [-0.4, -0.2) is 11.1 Å². The lowest BCUT2D eigenvalue weighted by atomic mass is 10.0. The van der Waals surface area contributed by atoms with Gasteiger partial charge in [0, 0.05) is 10.9 Å². The monoisotopic (exact) mass is 252 g/mol. The maximum Gasteiger partial charge on any atom is 0.159 e. The van der Waals surface area contributed by atoms with Gasteiger partial charge in [-0.2, -0.15) is 0 Å². The van der Waals surface area contributed by atoms with E-state index in [-0.39, 0.29) is 5.78 Å². The molecule has 0 bridgehead atoms. The zero-order valence-corrected chi connectivity index (χ0v) is 9.97. The van der Waals surface area contributed by atoms with Crippen LogP contribution in [0.25, 0.3) is 6.08 Å². The van der Waals surface area contributed by atoms with Crippen molar-refractivity contribution < 1.29 is 4.79 Å². The number of Topliss-reactive ketones (excluding diaryl/α,β-unsaturated/α-hetero) is 1. The maximum atomic E-state index is 11.1. The number of ketones is 1. The molecule has 0 radical (unpaired) electrons. The maximum absolute atomic E-state index is 11.1. The second-order valence-electron chi connectivity index (χ2n) is 3.18. The number of aryl methyl sites for hydroxylation is 1. The molecule has 1 aromatic rings. The number of alkyl halides is 1. The Labute approximate surface area is 93.0 Å². The van der Waals surface area contributed by atoms with E-state index in [1.165, 1.54) is 0 Å². The van der Waals surface area contributed by atoms with Crippen LogP contribution in [0.1, 0.15) is 28.4 Å². The van der Waals surface area contributed by atoms with Crippen LogP contribution in [0.2, 0.25) is 0 Å². The average molecular weight is 253 g/mol. The van der Waals surface area contributed by atoms with Gasteiger partial charge in [0.2, 0.25) is 0 Å². The summed E-state index contributed by atoms with van der Waals surface area (Å²) in [5.41, 5.74) is 3.07. The van der Waals surface area contributed by atoms with Crippen LogP contribution in [0, 0.1) is 6.92 Å². The third-order valence-corrected chi connectivity index (χ3v) is 2.44. The summed E-state index contributed by atoms with van der Waals surface area (Å²) in [5.74, 6) is 0.115. The van der Waals surface area contributed by atoms with Crippen LogP contribution < -0.4 is 0 Å². The van der Waals surface area contributed by atoms with Crippen LogP contribution in [0.5, 0.6) is 0 Å². The highest BCUT2D eigenvalue weighted by atomic mass is 79.9. The molecule has 74 valence electrons. The van der Waals surface area contributed by atoms with Crippen molar-refractivity contribution in [2.24, 2.45) is 0 Å². The van der Waals surface area contributed by atoms with Gasteiger partial charge in [-0.15, -0.1) is 0 Å². The molecule has 14 heavy (non-hydrogen) atoms. The van der Waals surface area contributed by atoms with Crippen molar-refractivity contribution in [3.05, 3.63) is 41.0 Å². The minimum atomic E-state index is 0.115. The van der Waals surface area contributed by atoms with E-state index in [0.717, 1.165) is 22.0 Å². The van der Waals surface area contributed by atoms with Crippen molar-refractivity contribution in [1.82, 2.24) is 0 Å². The first-order valence-electron chi connectivity index (χ1n) is 4.49. The molecule has 0 heterocycles. The summed E-state index contributed by atoms with van der Waals surface area (Å²) in [4.78, 5) is 11.1. The molecule has 1 rings (SSSR count). The third-order valence-electron chi connectivity index (χ3n) is 2.06. The van der Waals surface area contributed by atoms with Gasteiger partial charge in [-0.1, -0.05) is 40.2 Å². The Hall–Kier alpha value is -0.890. The van der Waals surface area contributed by atoms with Crippen molar-refractivity contribution in [2.45, 2.75) is 13.8 Å². The lowest BCUT2D eigenvalue weighted by molar-refractivity contribution is 0.101. The van der Waals surface area contributed by atoms with Gasteiger partial charge in [0.25, 0.3) is 0 Å². The van der Waals surface area contributed by atoms with Gasteiger partial charge in [0.1, 0.15) is 0 Å². The molecule has 1 nitrogen and oxygen atoms in total. The van der Waals surface area contributed by atoms with Crippen LogP contribution in [0.15, 0.2) is 24.3 Å². The molecule has 0 aliphatic carbocycles. The highest BCUT2D eigenvalue weighted by Gasteiger charge is 2.00. The first-order chi connectivity index (χ1) is 6.65. The summed E-state index contributed by atoms with van der Waals surface area (Å²) in [6.45, 7) is 3.60. The van der Waals surface area contributed by atoms with Crippen molar-refractivity contribution in [1.29, 1.82) is 0 Å². The molecule has 0 fully saturated rings. The molecule has 0 amide bonds. The van der Waals surface area contributed by atoms with Crippen molar-refractivity contribution in [2.75, 3.05) is 5.33 Å². The number of carbonyl (C=O) groups is 1. The number of hydrogen-bond acceptors (Lipinski definition) is 1. The smallest absolute Gasteiger partial charge is 0.159 e. The number of allylic oxidation sites excluding steroid dienone is 1. The van der Waals surface area contributed by atoms with E-state index in [1.54, 1.807) is 6.92 Å². The van der Waals surface area contributed by atoms with E-state index >= 15 is 0 Å². The Bertz CT molecular complexity index is 367. The minimum Gasteiger partial charge on any atom is -0.295 e. The molecule has 0 saturated carbocycles. The fraction of sp³-hybridized carbons (Fsp3) is 0.250. The second-order valence-corrected chi connectivity index (χ2v) is 3.83. The molecule has 1 aromatic carbocycles. The molecular weight excluding hydrogens is 240 g/mol. The summed E-state index contributed by atoms with van der Waals surface area (Å²) in [6.07, 6.45) is 4.09. The normalized spacial score (nSPS) is 10.8. The fourth-order valence-electron chi connectivity index (χ4n) is 1.25. The number of carbonyl (C=O) groups excluding carboxylic acids is 1. The van der Waals surface area contributed by atoms with Gasteiger partial charge in [-0.3, -0.25) is 4.79 Å². The molecule has 0 aliphatic heterocycles. The molecule has 0 atom stereocenters. The molecule has 0 unspecified atom stereocenters. The van der Waals surface area contributed by atoms with Crippen LogP contribution in [0.4, 0.5) is 0 Å². The zero-order valence-electron chi connectivity index (χ0n) is 8.38. The quantitative estimate of drug-likeness (QED) is 0.594. The SMILES string of the molecule is CC(=O)c1ccc(C=CCBr)c(C)c1. The van der Waals surface area contributed by atoms with Gasteiger partial charge in [-0.05, 0) is 31.0 Å². The van der Waals surface area contributed by atoms with Gasteiger partial charge in [0.05, 0.1) is 0 Å². The molecule has 0 saturated heterocycles. The summed E-state index contributed by atoms with van der Waals surface area (Å²) >= 11 is 3.33. The largest absolute Gasteiger partial charge is 0.295 e. The molecule has 2 heteroatoms. The Kier molecular flexibility index (Phi) is 4.08. The van der Waals surface area contributed by atoms with Gasteiger partial charge >= 0.3 is 0 Å². The van der Waals surface area contributed by atoms with Gasteiger partial charge in [-0.25, -0.2) is 0 Å². The Morgan fingerprint density at radius 1 is 1.50 bits per heavy atom. The number of benzene rings is 1. The van der Waals surface area contributed by atoms with E-state index in [9.17, 15) is 4.79 Å². The van der Waals surface area contributed by atoms with Crippen LogP contribution >= 0.6 is 15.9 Å². The van der Waals surface area contributed by atoms with E-state index in [1.807, 2.05) is 37.3 Å². The highest BCUT2D eigenvalue weighted by molar-refractivity contribution is 9.09. The summed E-state index contributed by atoms with van der Waals surface area (Å²) in [6, 6.07) is 5.77. The standard InChI is InChI=1S/C12H13BrO/c1-9-8-12(10(2)14)6-5-11(9)4-3-7-13/h3-6,8H,7H2,1-2H3. The van der Waals surface area contributed by atoms with E-state index in [2.05, 4.69) is 15.9 Å². The first-order valence-corrected chi connectivity index (χ1v) is 5.61. The van der Waals surface area contributed by atoms with Crippen LogP contribution in [0.3, 0.4) is 0 Å². The average Bonchev–Trinajstić information content (AvgIpc) is 2.15. The van der Waals surface area contributed by atoms with Crippen molar-refractivity contribution in [3.63, 3.8) is 0 Å². The Morgan fingerprint density at radius 3 is 2.71 bits per heavy atom. The molecule has 0 spiro atoms. The minimum absolute atomic E-state index is 0.115. The topological polar surface area (TPSA) is 17.1 Å². The number of hydrogen-bond donors (Lipinski definition) is 0. The van der Waals surface area contributed by atoms with Gasteiger partial charge in [0.15, 0.2) is 5.78 Å². The Balaban J connectivity index is 3.01. The van der Waals surface area contributed by atoms with Crippen LogP contribution in [-0.2, 0) is 0 Å². The first kappa shape index (κ1) is 11.2. The van der Waals surface area contributed by atoms with Gasteiger partial charge < -0.3 is 0 Å². The van der Waals surface area contributed by atoms with Crippen molar-refractivity contribution in [3.8, 4) is 0 Å². The molecule has 0 aromatic heterocycles. The zero-order chi connectivity index (χ0) is 10.6. The molecule has 0 N–H and O–H groups in total. The lowest BCUT2D eigenvalue weighted by Gasteiger charge is -2.02. The summed E-state index contributed by atoms with van der Waals surface area (Å²) in [7, 11) is 0. The molecular formula is C12H13BrO. The number of halogens is 1. The predicted molar refractivity (Wildman–Crippen MR) is 64.0 cm³/mol. The van der Waals surface area contributed by atoms with E-state index in [4.69, 9.17) is 0 Å². The third kappa shape index (κ3) is 2.81. The molecule has 0 aliphatic rings. The highest BCUT2D eigenvalue weighted by Crippen LogP contribution is 2.13. The summed E-state index contributed by atoms with van der Waals surface area (Å²) in [5, 5.41) is 0.848.